The quantitative estimate of drug-likeness (QED) is 0.764. The van der Waals surface area contributed by atoms with Crippen LogP contribution < -0.4 is 10.6 Å². The SMILES string of the molecule is CCOC(=O)c1csc(NC(=O)Nc2ccccc2)c1C(=O)OCC. The molecule has 2 aromatic rings. The van der Waals surface area contributed by atoms with Crippen LogP contribution in [0.2, 0.25) is 0 Å². The Morgan fingerprint density at radius 2 is 1.60 bits per heavy atom. The highest BCUT2D eigenvalue weighted by Gasteiger charge is 2.26. The van der Waals surface area contributed by atoms with Crippen molar-refractivity contribution in [3.8, 4) is 0 Å². The number of carbonyl (C=O) groups is 3. The molecule has 1 aromatic heterocycles. The molecule has 0 saturated carbocycles. The molecule has 0 aliphatic carbocycles. The van der Waals surface area contributed by atoms with E-state index in [0.717, 1.165) is 11.3 Å². The maximum Gasteiger partial charge on any atom is 0.342 e. The van der Waals surface area contributed by atoms with Gasteiger partial charge in [0.25, 0.3) is 0 Å². The summed E-state index contributed by atoms with van der Waals surface area (Å²) in [6, 6.07) is 8.31. The molecule has 0 atom stereocenters. The van der Waals surface area contributed by atoms with E-state index >= 15 is 0 Å². The number of carbonyl (C=O) groups excluding carboxylic acids is 3. The lowest BCUT2D eigenvalue weighted by atomic mass is 10.2. The van der Waals surface area contributed by atoms with Crippen molar-refractivity contribution < 1.29 is 23.9 Å². The average molecular weight is 362 g/mol. The third kappa shape index (κ3) is 4.80. The summed E-state index contributed by atoms with van der Waals surface area (Å²) in [5.41, 5.74) is 0.661. The number of anilines is 2. The van der Waals surface area contributed by atoms with Crippen molar-refractivity contribution in [3.63, 3.8) is 0 Å². The Bertz CT molecular complexity index is 758. The molecule has 0 unspecified atom stereocenters. The molecule has 0 saturated heterocycles. The number of hydrogen-bond donors (Lipinski definition) is 2. The third-order valence-electron chi connectivity index (χ3n) is 3.02. The number of amides is 2. The monoisotopic (exact) mass is 362 g/mol. The van der Waals surface area contributed by atoms with Crippen LogP contribution in [0.1, 0.15) is 34.6 Å². The third-order valence-corrected chi connectivity index (χ3v) is 3.92. The van der Waals surface area contributed by atoms with E-state index in [1.165, 1.54) is 5.38 Å². The first-order valence-corrected chi connectivity index (χ1v) is 8.53. The minimum atomic E-state index is -0.693. The largest absolute Gasteiger partial charge is 0.462 e. The molecule has 0 fully saturated rings. The lowest BCUT2D eigenvalue weighted by molar-refractivity contribution is 0.0481. The number of benzene rings is 1. The van der Waals surface area contributed by atoms with Gasteiger partial charge >= 0.3 is 18.0 Å². The summed E-state index contributed by atoms with van der Waals surface area (Å²) < 4.78 is 9.93. The smallest absolute Gasteiger partial charge is 0.342 e. The van der Waals surface area contributed by atoms with E-state index < -0.39 is 18.0 Å². The molecule has 0 aliphatic heterocycles. The molecule has 0 aliphatic rings. The fourth-order valence-electron chi connectivity index (χ4n) is 2.00. The second-order valence-electron chi connectivity index (χ2n) is 4.74. The number of rotatable bonds is 6. The number of ether oxygens (including phenoxy) is 2. The number of urea groups is 1. The number of para-hydroxylation sites is 1. The van der Waals surface area contributed by atoms with Crippen LogP contribution in [0.3, 0.4) is 0 Å². The molecule has 8 heteroatoms. The van der Waals surface area contributed by atoms with Crippen LogP contribution in [-0.2, 0) is 9.47 Å². The van der Waals surface area contributed by atoms with Gasteiger partial charge in [0.2, 0.25) is 0 Å². The fraction of sp³-hybridized carbons (Fsp3) is 0.235. The highest BCUT2D eigenvalue weighted by atomic mass is 32.1. The lowest BCUT2D eigenvalue weighted by Gasteiger charge is -2.09. The van der Waals surface area contributed by atoms with Gasteiger partial charge in [-0.1, -0.05) is 18.2 Å². The molecule has 1 aromatic carbocycles. The standard InChI is InChI=1S/C17H18N2O5S/c1-3-23-15(20)12-10-25-14(13(12)16(21)24-4-2)19-17(22)18-11-8-6-5-7-9-11/h5-10H,3-4H2,1-2H3,(H2,18,19,22). The summed E-state index contributed by atoms with van der Waals surface area (Å²) >= 11 is 1.05. The maximum atomic E-state index is 12.2. The Labute approximate surface area is 148 Å². The molecule has 7 nitrogen and oxygen atoms in total. The highest BCUT2D eigenvalue weighted by molar-refractivity contribution is 7.15. The summed E-state index contributed by atoms with van der Waals surface area (Å²) in [4.78, 5) is 36.3. The molecule has 0 spiro atoms. The van der Waals surface area contributed by atoms with Gasteiger partial charge in [0.05, 0.1) is 18.8 Å². The highest BCUT2D eigenvalue weighted by Crippen LogP contribution is 2.30. The van der Waals surface area contributed by atoms with Crippen LogP contribution in [-0.4, -0.2) is 31.2 Å². The Balaban J connectivity index is 2.22. The van der Waals surface area contributed by atoms with E-state index in [2.05, 4.69) is 10.6 Å². The van der Waals surface area contributed by atoms with Crippen LogP contribution in [0, 0.1) is 0 Å². The molecule has 2 rings (SSSR count). The zero-order valence-corrected chi connectivity index (χ0v) is 14.6. The van der Waals surface area contributed by atoms with Gasteiger partial charge in [-0.3, -0.25) is 5.32 Å². The van der Waals surface area contributed by atoms with Gasteiger partial charge in [0.1, 0.15) is 10.6 Å². The normalized spacial score (nSPS) is 10.0. The van der Waals surface area contributed by atoms with Crippen molar-refractivity contribution >= 4 is 40.0 Å². The molecule has 132 valence electrons. The van der Waals surface area contributed by atoms with Crippen LogP contribution in [0.25, 0.3) is 0 Å². The predicted molar refractivity (Wildman–Crippen MR) is 95.3 cm³/mol. The molecule has 25 heavy (non-hydrogen) atoms. The van der Waals surface area contributed by atoms with Gasteiger partial charge in [-0.05, 0) is 26.0 Å². The van der Waals surface area contributed by atoms with Crippen LogP contribution in [0.15, 0.2) is 35.7 Å². The van der Waals surface area contributed by atoms with Crippen molar-refractivity contribution in [1.82, 2.24) is 0 Å². The van der Waals surface area contributed by atoms with Gasteiger partial charge in [-0.25, -0.2) is 14.4 Å². The molecule has 2 N–H and O–H groups in total. The topological polar surface area (TPSA) is 93.7 Å². The van der Waals surface area contributed by atoms with Crippen LogP contribution in [0.4, 0.5) is 15.5 Å². The van der Waals surface area contributed by atoms with Gasteiger partial charge in [-0.2, -0.15) is 0 Å². The lowest BCUT2D eigenvalue weighted by Crippen LogP contribution is -2.21. The van der Waals surface area contributed by atoms with Crippen molar-refractivity contribution in [1.29, 1.82) is 0 Å². The molecule has 0 bridgehead atoms. The minimum absolute atomic E-state index is 0.00601. The first-order valence-electron chi connectivity index (χ1n) is 7.65. The van der Waals surface area contributed by atoms with Crippen molar-refractivity contribution in [2.24, 2.45) is 0 Å². The minimum Gasteiger partial charge on any atom is -0.462 e. The second-order valence-corrected chi connectivity index (χ2v) is 5.62. The summed E-state index contributed by atoms with van der Waals surface area (Å²) in [6.07, 6.45) is 0. The fourth-order valence-corrected chi connectivity index (χ4v) is 2.91. The average Bonchev–Trinajstić information content (AvgIpc) is 2.99. The van der Waals surface area contributed by atoms with Gasteiger partial charge in [0, 0.05) is 11.1 Å². The number of nitrogens with one attached hydrogen (secondary N) is 2. The first kappa shape index (κ1) is 18.5. The zero-order valence-electron chi connectivity index (χ0n) is 13.8. The predicted octanol–water partition coefficient (Wildman–Crippen LogP) is 3.75. The van der Waals surface area contributed by atoms with Crippen molar-refractivity contribution in [2.75, 3.05) is 23.8 Å². The van der Waals surface area contributed by atoms with Crippen molar-refractivity contribution in [3.05, 3.63) is 46.8 Å². The number of esters is 2. The van der Waals surface area contributed by atoms with E-state index in [0.29, 0.717) is 5.69 Å². The van der Waals surface area contributed by atoms with Gasteiger partial charge < -0.3 is 14.8 Å². The maximum absolute atomic E-state index is 12.2. The van der Waals surface area contributed by atoms with Crippen molar-refractivity contribution in [2.45, 2.75) is 13.8 Å². The summed E-state index contributed by atoms with van der Waals surface area (Å²) in [5.74, 6) is -1.33. The molecular weight excluding hydrogens is 344 g/mol. The zero-order chi connectivity index (χ0) is 18.2. The Morgan fingerprint density at radius 3 is 2.24 bits per heavy atom. The van der Waals surface area contributed by atoms with E-state index in [4.69, 9.17) is 9.47 Å². The summed E-state index contributed by atoms with van der Waals surface area (Å²) in [6.45, 7) is 3.64. The van der Waals surface area contributed by atoms with E-state index in [1.807, 2.05) is 6.07 Å². The Morgan fingerprint density at radius 1 is 0.960 bits per heavy atom. The number of hydrogen-bond acceptors (Lipinski definition) is 6. The summed E-state index contributed by atoms with van der Waals surface area (Å²) in [7, 11) is 0. The van der Waals surface area contributed by atoms with E-state index in [9.17, 15) is 14.4 Å². The molecular formula is C17H18N2O5S. The second kappa shape index (κ2) is 8.84. The van der Waals surface area contributed by atoms with Gasteiger partial charge in [0.15, 0.2) is 0 Å². The van der Waals surface area contributed by atoms with E-state index in [-0.39, 0.29) is 29.3 Å². The van der Waals surface area contributed by atoms with Crippen LogP contribution in [0.5, 0.6) is 0 Å². The summed E-state index contributed by atoms with van der Waals surface area (Å²) in [5, 5.41) is 6.89. The number of thiophene rings is 1. The Kier molecular flexibility index (Phi) is 6.53. The van der Waals surface area contributed by atoms with E-state index in [1.54, 1.807) is 38.1 Å². The van der Waals surface area contributed by atoms with Gasteiger partial charge in [-0.15, -0.1) is 11.3 Å². The first-order chi connectivity index (χ1) is 12.1. The molecule has 2 amide bonds. The molecule has 1 heterocycles. The Hall–Kier alpha value is -2.87. The molecule has 0 radical (unpaired) electrons. The van der Waals surface area contributed by atoms with Crippen LogP contribution >= 0.6 is 11.3 Å².